The summed E-state index contributed by atoms with van der Waals surface area (Å²) in [7, 11) is 0.854. The molecule has 0 bridgehead atoms. The van der Waals surface area contributed by atoms with Crippen LogP contribution >= 0.6 is 11.8 Å². The van der Waals surface area contributed by atoms with Gasteiger partial charge in [0.25, 0.3) is 0 Å². The molecule has 2 fully saturated rings. The summed E-state index contributed by atoms with van der Waals surface area (Å²) in [5.41, 5.74) is 0.431. The zero-order valence-corrected chi connectivity index (χ0v) is 43.3. The van der Waals surface area contributed by atoms with Gasteiger partial charge >= 0.3 is 47.6 Å². The molecule has 406 valence electrons. The summed E-state index contributed by atoms with van der Waals surface area (Å²) in [6.07, 6.45) is -17.3. The molecule has 2 heterocycles. The standard InChI is InChI=1S/C54H58FNO19S/c1-30-23-25-39(26-24-30)76-52-48(74-51(63)38-21-15-10-16-22-38)47(73-50(62)37-19-13-9-14-20-37)43(67-27-36-17-11-8-12-18-36)41(72-52)29-68-54(53(64)65-7)49(55)46(71-35(6)61)42(56-31(2)57)45(75-54)44(70-34(5)60)40(69-33(4)59)28-66-32(3)58/h8-26,40-49,52H,27-29H2,1-7H3,(H,56,57)/t40-,41?,42+,43+,44+,45+,46-,47+,48-,49-,52+,54-/m1/s1. The summed E-state index contributed by atoms with van der Waals surface area (Å²) in [5, 5.41) is 2.42. The molecule has 2 saturated heterocycles. The lowest BCUT2D eigenvalue weighted by Crippen LogP contribution is -2.74. The fraction of sp³-hybridized carbons (Fsp3) is 0.407. The minimum absolute atomic E-state index is 0.0966. The van der Waals surface area contributed by atoms with Gasteiger partial charge in [-0.15, -0.1) is 0 Å². The fourth-order valence-corrected chi connectivity index (χ4v) is 9.48. The van der Waals surface area contributed by atoms with E-state index in [9.17, 15) is 38.4 Å². The van der Waals surface area contributed by atoms with Crippen molar-refractivity contribution in [3.05, 3.63) is 138 Å². The maximum Gasteiger partial charge on any atom is 0.370 e. The summed E-state index contributed by atoms with van der Waals surface area (Å²) < 4.78 is 83.5. The van der Waals surface area contributed by atoms with E-state index in [1.807, 2.05) is 19.1 Å². The second kappa shape index (κ2) is 27.0. The van der Waals surface area contributed by atoms with Gasteiger partial charge in [-0.3, -0.25) is 24.0 Å². The highest BCUT2D eigenvalue weighted by Gasteiger charge is 2.67. The predicted octanol–water partition coefficient (Wildman–Crippen LogP) is 5.33. The number of rotatable bonds is 21. The SMILES string of the molecule is COC(=O)[C@]1(OCC2O[C@@H](Sc3ccc(C)cc3)[C@H](OC(=O)c3ccccc3)[C@@H](OC(=O)c3ccccc3)[C@H]2OCc2ccccc2)O[C@H]([C@@H](OC(C)=O)[C@@H](COC(C)=O)OC(C)=O)[C@H](NC(C)=O)[C@@H](OC(C)=O)[C@H]1F. The van der Waals surface area contributed by atoms with Gasteiger partial charge < -0.3 is 57.4 Å². The molecule has 20 nitrogen and oxygen atoms in total. The van der Waals surface area contributed by atoms with Crippen molar-refractivity contribution < 1.29 is 94.9 Å². The van der Waals surface area contributed by atoms with Gasteiger partial charge in [-0.25, -0.2) is 18.8 Å². The van der Waals surface area contributed by atoms with E-state index >= 15 is 4.39 Å². The third-order valence-corrected chi connectivity index (χ3v) is 12.8. The molecule has 22 heteroatoms. The molecule has 0 radical (unpaired) electrons. The second-order valence-corrected chi connectivity index (χ2v) is 18.7. The van der Waals surface area contributed by atoms with E-state index in [-0.39, 0.29) is 17.7 Å². The summed E-state index contributed by atoms with van der Waals surface area (Å²) in [4.78, 5) is 107. The van der Waals surface area contributed by atoms with E-state index in [2.05, 4.69) is 5.32 Å². The third-order valence-electron chi connectivity index (χ3n) is 11.7. The van der Waals surface area contributed by atoms with Crippen LogP contribution in [0.25, 0.3) is 0 Å². The molecule has 0 saturated carbocycles. The molecule has 0 aromatic heterocycles. The van der Waals surface area contributed by atoms with Crippen LogP contribution in [-0.2, 0) is 87.5 Å². The summed E-state index contributed by atoms with van der Waals surface area (Å²) in [6.45, 7) is 4.76. The highest BCUT2D eigenvalue weighted by molar-refractivity contribution is 7.99. The van der Waals surface area contributed by atoms with Crippen molar-refractivity contribution in [1.82, 2.24) is 5.32 Å². The molecule has 1 N–H and O–H groups in total. The van der Waals surface area contributed by atoms with Crippen LogP contribution in [0.1, 0.15) is 66.5 Å². The molecular weight excluding hydrogens is 1020 g/mol. The molecule has 0 spiro atoms. The molecule has 0 aliphatic carbocycles. The number of ether oxygens (including phenoxy) is 11. The molecule has 12 atom stereocenters. The number of hydrogen-bond donors (Lipinski definition) is 1. The Morgan fingerprint density at radius 2 is 1.24 bits per heavy atom. The Labute approximate surface area is 441 Å². The Bertz CT molecular complexity index is 2650. The molecule has 4 aromatic carbocycles. The molecule has 2 aliphatic rings. The summed E-state index contributed by atoms with van der Waals surface area (Å²) >= 11 is 1.05. The molecule has 6 rings (SSSR count). The number of benzene rings is 4. The van der Waals surface area contributed by atoms with Gasteiger partial charge in [0.2, 0.25) is 12.1 Å². The number of esters is 7. The quantitative estimate of drug-likeness (QED) is 0.0817. The maximum absolute atomic E-state index is 18.0. The van der Waals surface area contributed by atoms with E-state index < -0.39 is 133 Å². The second-order valence-electron chi connectivity index (χ2n) is 17.5. The van der Waals surface area contributed by atoms with Crippen LogP contribution in [-0.4, -0.2) is 140 Å². The number of halogens is 1. The Morgan fingerprint density at radius 3 is 1.76 bits per heavy atom. The molecule has 4 aromatic rings. The van der Waals surface area contributed by atoms with E-state index in [1.165, 1.54) is 24.3 Å². The van der Waals surface area contributed by atoms with Crippen LogP contribution in [0.15, 0.2) is 120 Å². The smallest absolute Gasteiger partial charge is 0.370 e. The van der Waals surface area contributed by atoms with Crippen molar-refractivity contribution >= 4 is 59.5 Å². The first-order valence-corrected chi connectivity index (χ1v) is 24.7. The number of aryl methyl sites for hydroxylation is 1. The van der Waals surface area contributed by atoms with Crippen molar-refractivity contribution in [2.45, 2.75) is 125 Å². The van der Waals surface area contributed by atoms with Crippen LogP contribution in [0.3, 0.4) is 0 Å². The number of carbonyl (C=O) groups is 8. The van der Waals surface area contributed by atoms with Crippen molar-refractivity contribution in [1.29, 1.82) is 0 Å². The van der Waals surface area contributed by atoms with Gasteiger partial charge in [-0.1, -0.05) is 96.2 Å². The number of amides is 1. The van der Waals surface area contributed by atoms with Crippen LogP contribution < -0.4 is 5.32 Å². The molecule has 2 aliphatic heterocycles. The van der Waals surface area contributed by atoms with Crippen molar-refractivity contribution in [3.63, 3.8) is 0 Å². The van der Waals surface area contributed by atoms with E-state index in [0.29, 0.717) is 10.5 Å². The lowest BCUT2D eigenvalue weighted by atomic mass is 9.86. The highest BCUT2D eigenvalue weighted by Crippen LogP contribution is 2.42. The first kappa shape index (κ1) is 58.0. The average Bonchev–Trinajstić information content (AvgIpc) is 3.46. The Kier molecular flexibility index (Phi) is 20.6. The number of thioether (sulfide) groups is 1. The van der Waals surface area contributed by atoms with Gasteiger partial charge in [0.1, 0.15) is 30.4 Å². The zero-order chi connectivity index (χ0) is 55.1. The Morgan fingerprint density at radius 1 is 0.671 bits per heavy atom. The average molecular weight is 1080 g/mol. The largest absolute Gasteiger partial charge is 0.465 e. The molecule has 1 amide bonds. The van der Waals surface area contributed by atoms with Crippen LogP contribution in [0, 0.1) is 6.92 Å². The summed E-state index contributed by atoms with van der Waals surface area (Å²) in [5.74, 6) is -11.7. The van der Waals surface area contributed by atoms with Crippen molar-refractivity contribution in [2.75, 3.05) is 20.3 Å². The van der Waals surface area contributed by atoms with Gasteiger partial charge in [-0.2, -0.15) is 0 Å². The van der Waals surface area contributed by atoms with Crippen LogP contribution in [0.5, 0.6) is 0 Å². The fourth-order valence-electron chi connectivity index (χ4n) is 8.37. The van der Waals surface area contributed by atoms with Crippen molar-refractivity contribution in [2.24, 2.45) is 0 Å². The number of methoxy groups -OCH3 is 1. The minimum Gasteiger partial charge on any atom is -0.465 e. The lowest BCUT2D eigenvalue weighted by molar-refractivity contribution is -0.346. The molecule has 76 heavy (non-hydrogen) atoms. The number of hydrogen-bond acceptors (Lipinski definition) is 20. The van der Waals surface area contributed by atoms with E-state index in [4.69, 9.17) is 52.1 Å². The lowest BCUT2D eigenvalue weighted by Gasteiger charge is -2.50. The first-order valence-electron chi connectivity index (χ1n) is 23.8. The van der Waals surface area contributed by atoms with E-state index in [0.717, 1.165) is 59.1 Å². The topological polar surface area (TPSA) is 250 Å². The summed E-state index contributed by atoms with van der Waals surface area (Å²) in [6, 6.07) is 29.9. The molecular formula is C54H58FNO19S. The maximum atomic E-state index is 18.0. The first-order chi connectivity index (χ1) is 36.3. The number of alkyl halides is 1. The number of carbonyl (C=O) groups excluding carboxylic acids is 8. The Hall–Kier alpha value is -7.24. The predicted molar refractivity (Wildman–Crippen MR) is 263 cm³/mol. The number of nitrogens with one attached hydrogen (secondary N) is 1. The normalized spacial score (nSPS) is 24.8. The third kappa shape index (κ3) is 15.2. The Balaban J connectivity index is 1.53. The van der Waals surface area contributed by atoms with E-state index in [1.54, 1.807) is 78.9 Å². The van der Waals surface area contributed by atoms with Gasteiger partial charge in [0.15, 0.2) is 30.5 Å². The van der Waals surface area contributed by atoms with Gasteiger partial charge in [-0.05, 0) is 48.9 Å². The zero-order valence-electron chi connectivity index (χ0n) is 42.5. The molecule has 1 unspecified atom stereocenters. The van der Waals surface area contributed by atoms with Gasteiger partial charge in [0, 0.05) is 39.5 Å². The monoisotopic (exact) mass is 1080 g/mol. The highest BCUT2D eigenvalue weighted by atomic mass is 32.2. The van der Waals surface area contributed by atoms with Crippen molar-refractivity contribution in [3.8, 4) is 0 Å². The minimum atomic E-state index is -3.39. The van der Waals surface area contributed by atoms with Crippen LogP contribution in [0.4, 0.5) is 4.39 Å². The van der Waals surface area contributed by atoms with Crippen LogP contribution in [0.2, 0.25) is 0 Å². The van der Waals surface area contributed by atoms with Gasteiger partial charge in [0.05, 0.1) is 37.5 Å².